The molecule has 0 aromatic heterocycles. The van der Waals surface area contributed by atoms with Crippen LogP contribution >= 0.6 is 0 Å². The number of benzene rings is 2. The summed E-state index contributed by atoms with van der Waals surface area (Å²) in [7, 11) is -0.863. The Kier molecular flexibility index (Phi) is 9.93. The van der Waals surface area contributed by atoms with Crippen molar-refractivity contribution in [3.8, 4) is 11.5 Å². The summed E-state index contributed by atoms with van der Waals surface area (Å²) in [6.07, 6.45) is 4.09. The molecule has 2 aliphatic rings. The van der Waals surface area contributed by atoms with Crippen LogP contribution in [-0.4, -0.2) is 80.5 Å². The fraction of sp³-hybridized carbons (Fsp3) is 0.533. The van der Waals surface area contributed by atoms with E-state index in [9.17, 15) is 23.1 Å². The number of methoxy groups -OCH3 is 1. The van der Waals surface area contributed by atoms with Gasteiger partial charge < -0.3 is 24.8 Å². The summed E-state index contributed by atoms with van der Waals surface area (Å²) < 4.78 is 39.8. The number of sulfonamides is 1. The lowest BCUT2D eigenvalue weighted by molar-refractivity contribution is -0.120. The molecule has 11 heteroatoms. The molecule has 4 rings (SSSR count). The maximum absolute atomic E-state index is 13.7. The molecule has 41 heavy (non-hydrogen) atoms. The molecule has 0 bridgehead atoms. The second kappa shape index (κ2) is 13.2. The summed E-state index contributed by atoms with van der Waals surface area (Å²) >= 11 is 0. The Balaban J connectivity index is 1.68. The van der Waals surface area contributed by atoms with Crippen molar-refractivity contribution < 1.29 is 32.6 Å². The molecule has 2 aromatic rings. The van der Waals surface area contributed by atoms with E-state index in [0.29, 0.717) is 11.4 Å². The predicted molar refractivity (Wildman–Crippen MR) is 156 cm³/mol. The summed E-state index contributed by atoms with van der Waals surface area (Å²) in [6.45, 7) is 3.66. The van der Waals surface area contributed by atoms with Gasteiger partial charge in [-0.1, -0.05) is 32.3 Å². The van der Waals surface area contributed by atoms with Gasteiger partial charge in [-0.05, 0) is 56.2 Å². The molecule has 2 aromatic carbocycles. The van der Waals surface area contributed by atoms with Gasteiger partial charge in [0.05, 0.1) is 42.4 Å². The molecular formula is C30H41N3O7S. The van der Waals surface area contributed by atoms with Gasteiger partial charge in [0, 0.05) is 25.4 Å². The van der Waals surface area contributed by atoms with Crippen molar-refractivity contribution in [3.63, 3.8) is 0 Å². The summed E-state index contributed by atoms with van der Waals surface area (Å²) in [5.74, 6) is -0.0863. The number of hydrogen-bond acceptors (Lipinski definition) is 7. The molecule has 0 saturated heterocycles. The van der Waals surface area contributed by atoms with Crippen LogP contribution in [0.25, 0.3) is 0 Å². The van der Waals surface area contributed by atoms with E-state index in [1.165, 1.54) is 30.6 Å². The first kappa shape index (κ1) is 30.8. The number of anilines is 1. The third-order valence-electron chi connectivity index (χ3n) is 8.13. The van der Waals surface area contributed by atoms with Crippen LogP contribution in [0.1, 0.15) is 56.3 Å². The van der Waals surface area contributed by atoms with Gasteiger partial charge in [-0.25, -0.2) is 8.42 Å². The van der Waals surface area contributed by atoms with Gasteiger partial charge in [-0.2, -0.15) is 4.31 Å². The van der Waals surface area contributed by atoms with E-state index in [1.807, 2.05) is 6.92 Å². The van der Waals surface area contributed by atoms with Crippen molar-refractivity contribution in [2.24, 2.45) is 11.8 Å². The Morgan fingerprint density at radius 3 is 2.49 bits per heavy atom. The zero-order valence-corrected chi connectivity index (χ0v) is 25.0. The first-order valence-corrected chi connectivity index (χ1v) is 15.6. The number of likely N-dealkylation sites (N-methyl/N-ethyl adjacent to an activating group) is 1. The molecule has 0 radical (unpaired) electrons. The minimum Gasteiger partial charge on any atom is -0.497 e. The van der Waals surface area contributed by atoms with Crippen molar-refractivity contribution in [1.29, 1.82) is 0 Å². The predicted octanol–water partition coefficient (Wildman–Crippen LogP) is 3.75. The SMILES string of the molecule is COc1ccc(S(=O)(=O)N(C)C[C@@H]2Oc3c(NC(=O)C4CCCCC4)cccc3C(=O)N([C@@H](C)CO)C[C@H]2C)cc1. The zero-order chi connectivity index (χ0) is 29.7. The first-order valence-electron chi connectivity index (χ1n) is 14.2. The second-order valence-electron chi connectivity index (χ2n) is 11.1. The van der Waals surface area contributed by atoms with Crippen LogP contribution in [0.3, 0.4) is 0 Å². The number of carbonyl (C=O) groups excluding carboxylic acids is 2. The quantitative estimate of drug-likeness (QED) is 0.458. The number of ether oxygens (including phenoxy) is 2. The zero-order valence-electron chi connectivity index (χ0n) is 24.2. The first-order chi connectivity index (χ1) is 19.6. The molecular weight excluding hydrogens is 546 g/mol. The van der Waals surface area contributed by atoms with E-state index in [2.05, 4.69) is 5.32 Å². The van der Waals surface area contributed by atoms with E-state index in [-0.39, 0.29) is 59.6 Å². The average molecular weight is 588 g/mol. The van der Waals surface area contributed by atoms with Crippen molar-refractivity contribution >= 4 is 27.5 Å². The number of rotatable bonds is 9. The van der Waals surface area contributed by atoms with E-state index in [1.54, 1.807) is 42.2 Å². The number of carbonyl (C=O) groups is 2. The molecule has 2 N–H and O–H groups in total. The number of para-hydroxylation sites is 1. The minimum absolute atomic E-state index is 0.00455. The monoisotopic (exact) mass is 587 g/mol. The summed E-state index contributed by atoms with van der Waals surface area (Å²) in [4.78, 5) is 28.6. The highest BCUT2D eigenvalue weighted by atomic mass is 32.2. The maximum Gasteiger partial charge on any atom is 0.258 e. The van der Waals surface area contributed by atoms with Crippen LogP contribution in [0.4, 0.5) is 5.69 Å². The van der Waals surface area contributed by atoms with E-state index < -0.39 is 22.2 Å². The normalized spacial score (nSPS) is 20.9. The third kappa shape index (κ3) is 6.85. The molecule has 10 nitrogen and oxygen atoms in total. The van der Waals surface area contributed by atoms with Crippen LogP contribution in [-0.2, 0) is 14.8 Å². The summed E-state index contributed by atoms with van der Waals surface area (Å²) in [6, 6.07) is 10.7. The Bertz CT molecular complexity index is 1330. The van der Waals surface area contributed by atoms with Gasteiger partial charge >= 0.3 is 0 Å². The van der Waals surface area contributed by atoms with E-state index in [0.717, 1.165) is 32.1 Å². The molecule has 2 amide bonds. The van der Waals surface area contributed by atoms with Crippen LogP contribution < -0.4 is 14.8 Å². The van der Waals surface area contributed by atoms with Crippen molar-refractivity contribution in [2.75, 3.05) is 39.2 Å². The molecule has 1 fully saturated rings. The van der Waals surface area contributed by atoms with Gasteiger partial charge in [0.1, 0.15) is 11.9 Å². The highest BCUT2D eigenvalue weighted by molar-refractivity contribution is 7.89. The Hall–Kier alpha value is -3.15. The fourth-order valence-corrected chi connectivity index (χ4v) is 6.62. The third-order valence-corrected chi connectivity index (χ3v) is 9.97. The highest BCUT2D eigenvalue weighted by Crippen LogP contribution is 2.36. The highest BCUT2D eigenvalue weighted by Gasteiger charge is 2.36. The number of hydrogen-bond donors (Lipinski definition) is 2. The summed E-state index contributed by atoms with van der Waals surface area (Å²) in [5.41, 5.74) is 0.632. The number of aliphatic hydroxyl groups is 1. The molecule has 1 aliphatic heterocycles. The molecule has 3 atom stereocenters. The van der Waals surface area contributed by atoms with Gasteiger partial charge in [0.2, 0.25) is 15.9 Å². The standard InChI is InChI=1S/C30H41N3O7S/c1-20-17-33(21(2)19-34)30(36)25-11-8-12-26(31-29(35)22-9-6-5-7-10-22)28(25)40-27(20)18-32(3)41(37,38)24-15-13-23(39-4)14-16-24/h8,11-16,20-22,27,34H,5-7,9-10,17-19H2,1-4H3,(H,31,35)/t20-,21+,27+/m1/s1. The van der Waals surface area contributed by atoms with Crippen LogP contribution in [0.5, 0.6) is 11.5 Å². The molecule has 0 spiro atoms. The van der Waals surface area contributed by atoms with Gasteiger partial charge in [-0.3, -0.25) is 9.59 Å². The van der Waals surface area contributed by atoms with Crippen molar-refractivity contribution in [2.45, 2.75) is 63.0 Å². The van der Waals surface area contributed by atoms with Crippen LogP contribution in [0, 0.1) is 11.8 Å². The summed E-state index contributed by atoms with van der Waals surface area (Å²) in [5, 5.41) is 12.9. The lowest BCUT2D eigenvalue weighted by atomic mass is 9.88. The smallest absolute Gasteiger partial charge is 0.258 e. The minimum atomic E-state index is -3.87. The molecule has 0 unspecified atom stereocenters. The Morgan fingerprint density at radius 2 is 1.85 bits per heavy atom. The molecule has 224 valence electrons. The molecule has 1 saturated carbocycles. The second-order valence-corrected chi connectivity index (χ2v) is 13.1. The van der Waals surface area contributed by atoms with Crippen molar-refractivity contribution in [1.82, 2.24) is 9.21 Å². The number of nitrogens with zero attached hydrogens (tertiary/aromatic N) is 2. The number of nitrogens with one attached hydrogen (secondary N) is 1. The van der Waals surface area contributed by atoms with E-state index >= 15 is 0 Å². The Labute approximate surface area is 242 Å². The maximum atomic E-state index is 13.7. The Morgan fingerprint density at radius 1 is 1.17 bits per heavy atom. The molecule has 1 aliphatic carbocycles. The van der Waals surface area contributed by atoms with Gasteiger partial charge in [0.25, 0.3) is 5.91 Å². The lowest BCUT2D eigenvalue weighted by Gasteiger charge is -2.38. The van der Waals surface area contributed by atoms with Gasteiger partial charge in [0.15, 0.2) is 5.75 Å². The van der Waals surface area contributed by atoms with Crippen LogP contribution in [0.2, 0.25) is 0 Å². The molecule has 1 heterocycles. The van der Waals surface area contributed by atoms with Crippen LogP contribution in [0.15, 0.2) is 47.4 Å². The van der Waals surface area contributed by atoms with Gasteiger partial charge in [-0.15, -0.1) is 0 Å². The fourth-order valence-electron chi connectivity index (χ4n) is 5.44. The number of fused-ring (bicyclic) bond motifs is 1. The number of amides is 2. The lowest BCUT2D eigenvalue weighted by Crippen LogP contribution is -2.50. The average Bonchev–Trinajstić information content (AvgIpc) is 2.99. The van der Waals surface area contributed by atoms with E-state index in [4.69, 9.17) is 9.47 Å². The number of aliphatic hydroxyl groups excluding tert-OH is 1. The van der Waals surface area contributed by atoms with Crippen molar-refractivity contribution in [3.05, 3.63) is 48.0 Å². The topological polar surface area (TPSA) is 125 Å². The largest absolute Gasteiger partial charge is 0.497 e.